The highest BCUT2D eigenvalue weighted by Crippen LogP contribution is 2.04. The summed E-state index contributed by atoms with van der Waals surface area (Å²) in [6.07, 6.45) is 0. The Labute approximate surface area is 53.6 Å². The monoisotopic (exact) mass is 124 g/mol. The summed E-state index contributed by atoms with van der Waals surface area (Å²) in [4.78, 5) is 0. The third-order valence-electron chi connectivity index (χ3n) is 1.10. The van der Waals surface area contributed by atoms with Gasteiger partial charge in [-0.25, -0.2) is 5.43 Å². The molecule has 9 heavy (non-hydrogen) atoms. The number of hydrogen-bond donors (Lipinski definition) is 3. The van der Waals surface area contributed by atoms with E-state index in [4.69, 9.17) is 11.6 Å². The third-order valence-corrected chi connectivity index (χ3v) is 1.10. The van der Waals surface area contributed by atoms with Gasteiger partial charge in [-0.1, -0.05) is 6.07 Å². The zero-order valence-corrected chi connectivity index (χ0v) is 5.04. The molecule has 0 saturated heterocycles. The first kappa shape index (κ1) is 6.07. The average molecular weight is 124 g/mol. The number of anilines is 1. The van der Waals surface area contributed by atoms with Crippen LogP contribution >= 0.6 is 0 Å². The maximum atomic E-state index is 5.46. The molecule has 0 aliphatic rings. The van der Waals surface area contributed by atoms with E-state index in [-0.39, 0.29) is 0 Å². The second kappa shape index (κ2) is 2.48. The minimum Gasteiger partial charge on any atom is -0.399 e. The van der Waals surface area contributed by atoms with Crippen LogP contribution in [0.15, 0.2) is 24.3 Å². The molecule has 1 rings (SSSR count). The highest BCUT2D eigenvalue weighted by Gasteiger charge is 1.90. The Morgan fingerprint density at radius 3 is 2.56 bits per heavy atom. The summed E-state index contributed by atoms with van der Waals surface area (Å²) < 4.78 is 0. The van der Waals surface area contributed by atoms with Crippen molar-refractivity contribution in [3.63, 3.8) is 0 Å². The standard InChI is InChI=1S/C6H9N3/c7-5-2-1-3-6(4-5)9-8/h1-4,9H,7-8H2/p+1. The van der Waals surface area contributed by atoms with Gasteiger partial charge in [0.05, 0.1) is 0 Å². The second-order valence-corrected chi connectivity index (χ2v) is 1.84. The first-order chi connectivity index (χ1) is 4.33. The van der Waals surface area contributed by atoms with Gasteiger partial charge in [-0.15, -0.1) is 0 Å². The Balaban J connectivity index is 2.94. The molecular formula is C6H10N3+. The van der Waals surface area contributed by atoms with E-state index in [1.54, 1.807) is 0 Å². The SMILES string of the molecule is N[NH2+]c1cccc(N)c1. The second-order valence-electron chi connectivity index (χ2n) is 1.84. The largest absolute Gasteiger partial charge is 0.399 e. The van der Waals surface area contributed by atoms with E-state index in [0.717, 1.165) is 11.4 Å². The third kappa shape index (κ3) is 1.42. The normalized spacial score (nSPS) is 9.44. The molecule has 0 amide bonds. The van der Waals surface area contributed by atoms with Crippen LogP contribution in [0.1, 0.15) is 0 Å². The van der Waals surface area contributed by atoms with Crippen LogP contribution in [0.25, 0.3) is 0 Å². The number of rotatable bonds is 1. The molecule has 0 radical (unpaired) electrons. The van der Waals surface area contributed by atoms with E-state index in [2.05, 4.69) is 0 Å². The molecule has 0 atom stereocenters. The van der Waals surface area contributed by atoms with Gasteiger partial charge in [-0.2, -0.15) is 5.84 Å². The van der Waals surface area contributed by atoms with Crippen molar-refractivity contribution in [1.29, 1.82) is 0 Å². The average Bonchev–Trinajstić information content (AvgIpc) is 1.88. The van der Waals surface area contributed by atoms with Crippen molar-refractivity contribution in [2.24, 2.45) is 5.84 Å². The predicted molar refractivity (Wildman–Crippen MR) is 36.6 cm³/mol. The molecule has 0 unspecified atom stereocenters. The predicted octanol–water partition coefficient (Wildman–Crippen LogP) is -0.663. The van der Waals surface area contributed by atoms with Crippen molar-refractivity contribution in [2.45, 2.75) is 0 Å². The molecule has 3 nitrogen and oxygen atoms in total. The zero-order chi connectivity index (χ0) is 6.69. The fourth-order valence-electron chi connectivity index (χ4n) is 0.663. The number of benzene rings is 1. The molecule has 0 spiro atoms. The summed E-state index contributed by atoms with van der Waals surface area (Å²) in [6.45, 7) is 0. The molecule has 3 heteroatoms. The highest BCUT2D eigenvalue weighted by atomic mass is 15.2. The Kier molecular flexibility index (Phi) is 1.67. The van der Waals surface area contributed by atoms with Crippen molar-refractivity contribution in [3.05, 3.63) is 24.3 Å². The molecule has 1 aromatic carbocycles. The summed E-state index contributed by atoms with van der Waals surface area (Å²) in [6, 6.07) is 7.41. The molecule has 0 heterocycles. The lowest BCUT2D eigenvalue weighted by molar-refractivity contribution is -0.584. The molecule has 0 aliphatic heterocycles. The van der Waals surface area contributed by atoms with E-state index in [0.29, 0.717) is 0 Å². The van der Waals surface area contributed by atoms with Gasteiger partial charge in [-0.05, 0) is 6.07 Å². The van der Waals surface area contributed by atoms with Crippen molar-refractivity contribution in [2.75, 3.05) is 5.73 Å². The zero-order valence-electron chi connectivity index (χ0n) is 5.04. The molecule has 0 bridgehead atoms. The van der Waals surface area contributed by atoms with Crippen molar-refractivity contribution < 1.29 is 5.43 Å². The Morgan fingerprint density at radius 2 is 2.11 bits per heavy atom. The topological polar surface area (TPSA) is 68.6 Å². The van der Waals surface area contributed by atoms with E-state index >= 15 is 0 Å². The lowest BCUT2D eigenvalue weighted by Gasteiger charge is -1.93. The molecule has 0 aliphatic carbocycles. The molecule has 48 valence electrons. The molecule has 1 aromatic rings. The fraction of sp³-hybridized carbons (Fsp3) is 0. The van der Waals surface area contributed by atoms with Gasteiger partial charge in [-0.3, -0.25) is 0 Å². The number of nitrogen functional groups attached to an aromatic ring is 1. The fourth-order valence-corrected chi connectivity index (χ4v) is 0.663. The van der Waals surface area contributed by atoms with Crippen molar-refractivity contribution in [3.8, 4) is 0 Å². The minimum atomic E-state index is 0.745. The quantitative estimate of drug-likeness (QED) is 0.264. The maximum Gasteiger partial charge on any atom is 0.150 e. The van der Waals surface area contributed by atoms with Crippen LogP contribution in [0.5, 0.6) is 0 Å². The van der Waals surface area contributed by atoms with E-state index in [9.17, 15) is 0 Å². The van der Waals surface area contributed by atoms with Gasteiger partial charge in [0.1, 0.15) is 0 Å². The van der Waals surface area contributed by atoms with Crippen LogP contribution in [0.4, 0.5) is 11.4 Å². The lowest BCUT2D eigenvalue weighted by Crippen LogP contribution is -2.85. The summed E-state index contributed by atoms with van der Waals surface area (Å²) in [5, 5.41) is 0. The van der Waals surface area contributed by atoms with Crippen LogP contribution in [-0.4, -0.2) is 0 Å². The number of quaternary nitrogens is 1. The summed E-state index contributed by atoms with van der Waals surface area (Å²) in [7, 11) is 0. The summed E-state index contributed by atoms with van der Waals surface area (Å²) in [5.41, 5.74) is 8.68. The molecule has 0 aromatic heterocycles. The summed E-state index contributed by atoms with van der Waals surface area (Å²) >= 11 is 0. The van der Waals surface area contributed by atoms with Crippen LogP contribution < -0.4 is 17.0 Å². The highest BCUT2D eigenvalue weighted by molar-refractivity contribution is 5.46. The first-order valence-electron chi connectivity index (χ1n) is 2.73. The Hall–Kier alpha value is -1.06. The number of hydrogen-bond acceptors (Lipinski definition) is 2. The molecule has 0 fully saturated rings. The minimum absolute atomic E-state index is 0.745. The molecule has 0 saturated carbocycles. The summed E-state index contributed by atoms with van der Waals surface area (Å²) in [5.74, 6) is 5.24. The molecular weight excluding hydrogens is 114 g/mol. The van der Waals surface area contributed by atoms with Crippen LogP contribution in [0.2, 0.25) is 0 Å². The van der Waals surface area contributed by atoms with Crippen LogP contribution in [0, 0.1) is 0 Å². The van der Waals surface area contributed by atoms with E-state index in [1.165, 1.54) is 5.43 Å². The van der Waals surface area contributed by atoms with Crippen molar-refractivity contribution in [1.82, 2.24) is 0 Å². The van der Waals surface area contributed by atoms with Crippen molar-refractivity contribution >= 4 is 11.4 Å². The molecule has 6 N–H and O–H groups in total. The van der Waals surface area contributed by atoms with Gasteiger partial charge >= 0.3 is 0 Å². The smallest absolute Gasteiger partial charge is 0.150 e. The maximum absolute atomic E-state index is 5.46. The van der Waals surface area contributed by atoms with Gasteiger partial charge in [0.2, 0.25) is 0 Å². The Bertz CT molecular complexity index is 197. The van der Waals surface area contributed by atoms with Gasteiger partial charge in [0.25, 0.3) is 0 Å². The van der Waals surface area contributed by atoms with Crippen LogP contribution in [-0.2, 0) is 0 Å². The van der Waals surface area contributed by atoms with Gasteiger partial charge in [0.15, 0.2) is 5.69 Å². The first-order valence-corrected chi connectivity index (χ1v) is 2.73. The van der Waals surface area contributed by atoms with Gasteiger partial charge < -0.3 is 5.73 Å². The Morgan fingerprint density at radius 1 is 1.33 bits per heavy atom. The lowest BCUT2D eigenvalue weighted by atomic mass is 10.3. The number of nitrogens with two attached hydrogens (primary N) is 3. The van der Waals surface area contributed by atoms with Crippen LogP contribution in [0.3, 0.4) is 0 Å². The van der Waals surface area contributed by atoms with E-state index in [1.807, 2.05) is 24.3 Å². The van der Waals surface area contributed by atoms with Gasteiger partial charge in [0, 0.05) is 17.8 Å². The van der Waals surface area contributed by atoms with E-state index < -0.39 is 0 Å².